The molecule has 0 saturated heterocycles. The van der Waals surface area contributed by atoms with Crippen LogP contribution in [-0.2, 0) is 0 Å². The summed E-state index contributed by atoms with van der Waals surface area (Å²) in [5.74, 6) is -0.705. The summed E-state index contributed by atoms with van der Waals surface area (Å²) in [4.78, 5) is 34.2. The number of anilines is 1. The van der Waals surface area contributed by atoms with Crippen LogP contribution in [0.25, 0.3) is 11.3 Å². The number of nitro benzene ring substituents is 2. The predicted molar refractivity (Wildman–Crippen MR) is 132 cm³/mol. The molecule has 0 unspecified atom stereocenters. The first-order valence-corrected chi connectivity index (χ1v) is 10.7. The van der Waals surface area contributed by atoms with E-state index in [-0.39, 0.29) is 22.8 Å². The summed E-state index contributed by atoms with van der Waals surface area (Å²) in [6, 6.07) is 21.0. The predicted octanol–water partition coefficient (Wildman–Crippen LogP) is 4.66. The van der Waals surface area contributed by atoms with Gasteiger partial charge in [0.15, 0.2) is 0 Å². The molecular formula is C24H16ClN6O5+. The standard InChI is InChI=1S/C24H15ClN6O5/c25-18-7-3-16(4-8-18)22-2-1-15-29(28-22)24(23(32)17-5-11-20(12-6-17)30(33)34)27-26-19-9-13-21(14-10-19)31(35)36/h1-15H/p+1. The molecule has 11 nitrogen and oxygen atoms in total. The van der Waals surface area contributed by atoms with E-state index in [2.05, 4.69) is 15.6 Å². The average Bonchev–Trinajstić information content (AvgIpc) is 2.89. The van der Waals surface area contributed by atoms with Gasteiger partial charge in [0.25, 0.3) is 17.2 Å². The number of carbonyl (C=O) groups excluding carboxylic acids is 1. The van der Waals surface area contributed by atoms with E-state index in [0.29, 0.717) is 16.4 Å². The van der Waals surface area contributed by atoms with E-state index >= 15 is 0 Å². The van der Waals surface area contributed by atoms with Gasteiger partial charge in [-0.15, -0.1) is 0 Å². The molecule has 0 bridgehead atoms. The normalized spacial score (nSPS) is 11.1. The Labute approximate surface area is 208 Å². The van der Waals surface area contributed by atoms with Crippen molar-refractivity contribution in [2.75, 3.05) is 5.43 Å². The van der Waals surface area contributed by atoms with E-state index in [0.717, 1.165) is 5.56 Å². The molecule has 1 heterocycles. The first-order chi connectivity index (χ1) is 17.3. The minimum Gasteiger partial charge on any atom is -0.280 e. The van der Waals surface area contributed by atoms with Crippen LogP contribution in [0.3, 0.4) is 0 Å². The molecule has 0 amide bonds. The highest BCUT2D eigenvalue weighted by Gasteiger charge is 2.28. The zero-order valence-electron chi connectivity index (χ0n) is 18.3. The van der Waals surface area contributed by atoms with Crippen molar-refractivity contribution in [3.63, 3.8) is 0 Å². The van der Waals surface area contributed by atoms with Gasteiger partial charge in [-0.2, -0.15) is 5.43 Å². The zero-order valence-corrected chi connectivity index (χ0v) is 19.1. The number of hydrogen-bond acceptors (Lipinski definition) is 8. The lowest BCUT2D eigenvalue weighted by atomic mass is 10.1. The number of rotatable bonds is 7. The Morgan fingerprint density at radius 2 is 1.44 bits per heavy atom. The monoisotopic (exact) mass is 503 g/mol. The van der Waals surface area contributed by atoms with Gasteiger partial charge < -0.3 is 0 Å². The number of halogens is 1. The maximum Gasteiger partial charge on any atom is 0.421 e. The van der Waals surface area contributed by atoms with Crippen molar-refractivity contribution in [1.82, 2.24) is 5.10 Å². The molecule has 4 aromatic rings. The number of benzene rings is 3. The highest BCUT2D eigenvalue weighted by atomic mass is 35.5. The van der Waals surface area contributed by atoms with Crippen LogP contribution in [0.15, 0.2) is 96.2 Å². The van der Waals surface area contributed by atoms with Crippen LogP contribution in [0.1, 0.15) is 10.4 Å². The Morgan fingerprint density at radius 1 is 0.861 bits per heavy atom. The first kappa shape index (κ1) is 24.1. The smallest absolute Gasteiger partial charge is 0.280 e. The highest BCUT2D eigenvalue weighted by Crippen LogP contribution is 2.19. The Balaban J connectivity index is 1.73. The van der Waals surface area contributed by atoms with Crippen LogP contribution in [0.5, 0.6) is 0 Å². The van der Waals surface area contributed by atoms with Gasteiger partial charge in [0.1, 0.15) is 11.9 Å². The molecule has 36 heavy (non-hydrogen) atoms. The molecule has 0 saturated carbocycles. The maximum absolute atomic E-state index is 13.4. The van der Waals surface area contributed by atoms with Gasteiger partial charge in [0.2, 0.25) is 0 Å². The third-order valence-electron chi connectivity index (χ3n) is 4.97. The number of non-ortho nitro benzene ring substituents is 2. The topological polar surface area (TPSA) is 145 Å². The molecule has 3 aromatic carbocycles. The fourth-order valence-electron chi connectivity index (χ4n) is 3.14. The molecule has 0 aliphatic heterocycles. The average molecular weight is 504 g/mol. The molecule has 0 radical (unpaired) electrons. The largest absolute Gasteiger partial charge is 0.421 e. The number of ketones is 1. The summed E-state index contributed by atoms with van der Waals surface area (Å²) in [6.45, 7) is 0. The van der Waals surface area contributed by atoms with Crippen molar-refractivity contribution >= 4 is 40.3 Å². The Kier molecular flexibility index (Phi) is 7.02. The van der Waals surface area contributed by atoms with Gasteiger partial charge in [-0.25, -0.2) is 0 Å². The third kappa shape index (κ3) is 5.54. The SMILES string of the molecule is O=C(C(=NNc1ccc([N+](=O)[O-])cc1)[n+]1cccc(-c2ccc(Cl)cc2)n1)c1ccc([N+](=O)[O-])cc1. The minimum absolute atomic E-state index is 0.0987. The van der Waals surface area contributed by atoms with Gasteiger partial charge >= 0.3 is 5.84 Å². The van der Waals surface area contributed by atoms with E-state index < -0.39 is 15.6 Å². The molecule has 178 valence electrons. The van der Waals surface area contributed by atoms with Gasteiger partial charge in [-0.1, -0.05) is 33.5 Å². The summed E-state index contributed by atoms with van der Waals surface area (Å²) in [5.41, 5.74) is 4.28. The van der Waals surface area contributed by atoms with Crippen LogP contribution < -0.4 is 10.1 Å². The van der Waals surface area contributed by atoms with E-state index in [1.165, 1.54) is 59.4 Å². The molecule has 0 aliphatic rings. The Morgan fingerprint density at radius 3 is 2.03 bits per heavy atom. The van der Waals surface area contributed by atoms with Crippen molar-refractivity contribution < 1.29 is 19.3 Å². The van der Waals surface area contributed by atoms with Crippen LogP contribution >= 0.6 is 11.6 Å². The second kappa shape index (κ2) is 10.5. The van der Waals surface area contributed by atoms with Crippen molar-refractivity contribution in [3.8, 4) is 11.3 Å². The quantitative estimate of drug-likeness (QED) is 0.0963. The van der Waals surface area contributed by atoms with E-state index in [4.69, 9.17) is 11.6 Å². The van der Waals surface area contributed by atoms with Gasteiger partial charge in [0, 0.05) is 40.4 Å². The summed E-state index contributed by atoms with van der Waals surface area (Å²) in [7, 11) is 0. The Bertz CT molecular complexity index is 1470. The molecule has 0 aliphatic carbocycles. The highest BCUT2D eigenvalue weighted by molar-refractivity contribution is 6.41. The van der Waals surface area contributed by atoms with Gasteiger partial charge in [-0.05, 0) is 48.5 Å². The number of aromatic nitrogens is 2. The number of hydrazone groups is 1. The number of nitro groups is 2. The fraction of sp³-hybridized carbons (Fsp3) is 0. The van der Waals surface area contributed by atoms with Crippen LogP contribution in [0.4, 0.5) is 17.1 Å². The van der Waals surface area contributed by atoms with Crippen molar-refractivity contribution in [2.24, 2.45) is 5.10 Å². The third-order valence-corrected chi connectivity index (χ3v) is 5.22. The molecule has 1 N–H and O–H groups in total. The second-order valence-electron chi connectivity index (χ2n) is 7.33. The number of nitrogens with zero attached hydrogens (tertiary/aromatic N) is 5. The van der Waals surface area contributed by atoms with E-state index in [1.807, 2.05) is 0 Å². The fourth-order valence-corrected chi connectivity index (χ4v) is 3.26. The molecule has 0 fully saturated rings. The van der Waals surface area contributed by atoms with Crippen LogP contribution in [0.2, 0.25) is 5.02 Å². The van der Waals surface area contributed by atoms with Gasteiger partial charge in [0.05, 0.1) is 20.6 Å². The van der Waals surface area contributed by atoms with Gasteiger partial charge in [-0.3, -0.25) is 25.0 Å². The summed E-state index contributed by atoms with van der Waals surface area (Å²) in [6.07, 6.45) is 1.53. The van der Waals surface area contributed by atoms with Crippen molar-refractivity contribution in [2.45, 2.75) is 0 Å². The number of nitrogens with one attached hydrogen (secondary N) is 1. The minimum atomic E-state index is -0.565. The zero-order chi connectivity index (χ0) is 25.7. The van der Waals surface area contributed by atoms with E-state index in [9.17, 15) is 25.0 Å². The molecule has 1 aromatic heterocycles. The lowest BCUT2D eigenvalue weighted by molar-refractivity contribution is -0.618. The lowest BCUT2D eigenvalue weighted by Crippen LogP contribution is -2.51. The Hall–Kier alpha value is -5.03. The van der Waals surface area contributed by atoms with Crippen LogP contribution in [-0.4, -0.2) is 26.6 Å². The van der Waals surface area contributed by atoms with E-state index in [1.54, 1.807) is 36.4 Å². The molecule has 12 heteroatoms. The number of carbonyl (C=O) groups is 1. The summed E-state index contributed by atoms with van der Waals surface area (Å²) >= 11 is 5.97. The summed E-state index contributed by atoms with van der Waals surface area (Å²) < 4.78 is 1.27. The number of Topliss-reactive ketones (excluding diaryl/α,β-unsaturated/α-hetero) is 1. The maximum atomic E-state index is 13.4. The molecule has 0 atom stereocenters. The molecule has 0 spiro atoms. The number of hydrogen-bond donors (Lipinski definition) is 1. The first-order valence-electron chi connectivity index (χ1n) is 10.3. The van der Waals surface area contributed by atoms with Crippen molar-refractivity contribution in [1.29, 1.82) is 0 Å². The summed E-state index contributed by atoms with van der Waals surface area (Å²) in [5, 5.41) is 31.1. The van der Waals surface area contributed by atoms with Crippen molar-refractivity contribution in [3.05, 3.63) is 122 Å². The second-order valence-corrected chi connectivity index (χ2v) is 7.77. The molecular weight excluding hydrogens is 488 g/mol. The molecule has 4 rings (SSSR count). The van der Waals surface area contributed by atoms with Crippen LogP contribution in [0, 0.1) is 20.2 Å². The lowest BCUT2D eigenvalue weighted by Gasteiger charge is -2.04.